The van der Waals surface area contributed by atoms with Gasteiger partial charge in [-0.3, -0.25) is 4.79 Å². The molecule has 0 atom stereocenters. The summed E-state index contributed by atoms with van der Waals surface area (Å²) < 4.78 is 18.5. The highest BCUT2D eigenvalue weighted by Crippen LogP contribution is 2.25. The van der Waals surface area contributed by atoms with Crippen LogP contribution in [0.3, 0.4) is 0 Å². The zero-order valence-corrected chi connectivity index (χ0v) is 13.3. The third kappa shape index (κ3) is 3.21. The van der Waals surface area contributed by atoms with Crippen molar-refractivity contribution in [3.8, 4) is 17.0 Å². The molecule has 2 aromatic carbocycles. The first-order valence-electron chi connectivity index (χ1n) is 6.90. The molecule has 3 aromatic rings. The lowest BCUT2D eigenvalue weighted by Crippen LogP contribution is -2.14. The van der Waals surface area contributed by atoms with Gasteiger partial charge >= 0.3 is 0 Å². The van der Waals surface area contributed by atoms with Crippen molar-refractivity contribution < 1.29 is 13.9 Å². The Bertz CT molecular complexity index is 897. The number of aromatic nitrogens is 3. The molecule has 3 rings (SSSR count). The van der Waals surface area contributed by atoms with Gasteiger partial charge in [0.05, 0.1) is 7.11 Å². The van der Waals surface area contributed by atoms with E-state index in [1.807, 2.05) is 0 Å². The number of nitrogens with zero attached hydrogens (tertiary/aromatic N) is 2. The fourth-order valence-electron chi connectivity index (χ4n) is 2.16. The second-order valence-corrected chi connectivity index (χ2v) is 5.27. The number of rotatable bonds is 4. The quantitative estimate of drug-likeness (QED) is 0.757. The van der Waals surface area contributed by atoms with Gasteiger partial charge in [-0.05, 0) is 24.3 Å². The molecule has 1 aromatic heterocycles. The summed E-state index contributed by atoms with van der Waals surface area (Å²) in [5.41, 5.74) is 1.35. The summed E-state index contributed by atoms with van der Waals surface area (Å²) in [5.74, 6) is -1.01. The average molecular weight is 347 g/mol. The molecule has 0 aliphatic carbocycles. The number of H-pyrrole nitrogens is 1. The van der Waals surface area contributed by atoms with Crippen molar-refractivity contribution in [2.45, 2.75) is 0 Å². The van der Waals surface area contributed by atoms with Crippen molar-refractivity contribution in [1.82, 2.24) is 15.4 Å². The van der Waals surface area contributed by atoms with Crippen LogP contribution in [0.1, 0.15) is 10.5 Å². The van der Waals surface area contributed by atoms with Crippen molar-refractivity contribution in [2.75, 3.05) is 12.4 Å². The van der Waals surface area contributed by atoms with Gasteiger partial charge in [0.2, 0.25) is 0 Å². The van der Waals surface area contributed by atoms with E-state index in [1.165, 1.54) is 19.2 Å². The van der Waals surface area contributed by atoms with E-state index >= 15 is 0 Å². The number of nitrogens with one attached hydrogen (secondary N) is 2. The van der Waals surface area contributed by atoms with E-state index in [0.29, 0.717) is 16.3 Å². The third-order valence-corrected chi connectivity index (χ3v) is 3.51. The van der Waals surface area contributed by atoms with Crippen molar-refractivity contribution in [3.63, 3.8) is 0 Å². The number of benzene rings is 2. The highest BCUT2D eigenvalue weighted by Gasteiger charge is 2.18. The van der Waals surface area contributed by atoms with Gasteiger partial charge in [0.1, 0.15) is 5.69 Å². The van der Waals surface area contributed by atoms with Crippen LogP contribution in [0.4, 0.5) is 10.1 Å². The van der Waals surface area contributed by atoms with Crippen LogP contribution in [-0.4, -0.2) is 28.4 Å². The zero-order valence-electron chi connectivity index (χ0n) is 12.5. The van der Waals surface area contributed by atoms with Crippen molar-refractivity contribution in [2.24, 2.45) is 0 Å². The lowest BCUT2D eigenvalue weighted by molar-refractivity contribution is 0.102. The van der Waals surface area contributed by atoms with Crippen LogP contribution in [0.15, 0.2) is 42.5 Å². The molecular formula is C16H12ClFN4O2. The Morgan fingerprint density at radius 1 is 1.25 bits per heavy atom. The zero-order chi connectivity index (χ0) is 17.1. The first-order valence-corrected chi connectivity index (χ1v) is 7.28. The molecule has 8 heteroatoms. The van der Waals surface area contributed by atoms with Gasteiger partial charge in [0, 0.05) is 22.3 Å². The van der Waals surface area contributed by atoms with Gasteiger partial charge in [-0.1, -0.05) is 23.7 Å². The third-order valence-electron chi connectivity index (χ3n) is 3.27. The first kappa shape index (κ1) is 15.9. The molecule has 0 saturated heterocycles. The predicted molar refractivity (Wildman–Crippen MR) is 87.7 cm³/mol. The molecule has 1 amide bonds. The van der Waals surface area contributed by atoms with Crippen LogP contribution >= 0.6 is 11.6 Å². The largest absolute Gasteiger partial charge is 0.494 e. The number of amides is 1. The first-order chi connectivity index (χ1) is 11.6. The summed E-state index contributed by atoms with van der Waals surface area (Å²) in [6.45, 7) is 0. The molecular weight excluding hydrogens is 335 g/mol. The number of anilines is 1. The molecule has 0 saturated carbocycles. The van der Waals surface area contributed by atoms with Gasteiger partial charge in [-0.25, -0.2) is 4.39 Å². The number of carbonyl (C=O) groups excluding carboxylic acids is 1. The number of carbonyl (C=O) groups is 1. The number of hydrogen-bond donors (Lipinski definition) is 2. The van der Waals surface area contributed by atoms with Crippen LogP contribution in [-0.2, 0) is 0 Å². The van der Waals surface area contributed by atoms with Crippen molar-refractivity contribution in [1.29, 1.82) is 0 Å². The Labute approximate surface area is 141 Å². The minimum absolute atomic E-state index is 0.0773. The maximum atomic E-state index is 13.7. The minimum atomic E-state index is -0.578. The summed E-state index contributed by atoms with van der Waals surface area (Å²) in [4.78, 5) is 12.4. The van der Waals surface area contributed by atoms with Gasteiger partial charge in [-0.2, -0.15) is 15.4 Å². The van der Waals surface area contributed by atoms with Crippen molar-refractivity contribution in [3.05, 3.63) is 59.0 Å². The normalized spacial score (nSPS) is 10.5. The van der Waals surface area contributed by atoms with Gasteiger partial charge < -0.3 is 10.1 Å². The van der Waals surface area contributed by atoms with Crippen LogP contribution < -0.4 is 10.1 Å². The highest BCUT2D eigenvalue weighted by atomic mass is 35.5. The van der Waals surface area contributed by atoms with E-state index in [0.717, 1.165) is 6.07 Å². The molecule has 0 unspecified atom stereocenters. The van der Waals surface area contributed by atoms with Gasteiger partial charge in [-0.15, -0.1) is 0 Å². The Hall–Kier alpha value is -2.93. The smallest absolute Gasteiger partial charge is 0.278 e. The molecule has 1 heterocycles. The Morgan fingerprint density at radius 3 is 2.79 bits per heavy atom. The standard InChI is InChI=1S/C16H12ClFN4O2/c1-24-13-6-5-11(8-12(13)18)19-16(23)15-14(20-22-21-15)9-3-2-4-10(17)7-9/h2-8H,1H3,(H,19,23)(H,20,21,22). The van der Waals surface area contributed by atoms with Crippen molar-refractivity contribution >= 4 is 23.2 Å². The predicted octanol–water partition coefficient (Wildman–Crippen LogP) is 3.53. The molecule has 0 spiro atoms. The number of methoxy groups -OCH3 is 1. The summed E-state index contributed by atoms with van der Waals surface area (Å²) in [6, 6.07) is 11.0. The SMILES string of the molecule is COc1ccc(NC(=O)c2n[nH]nc2-c2cccc(Cl)c2)cc1F. The number of halogens is 2. The topological polar surface area (TPSA) is 79.9 Å². The molecule has 0 aliphatic rings. The number of aromatic amines is 1. The van der Waals surface area contributed by atoms with Crippen LogP contribution in [0, 0.1) is 5.82 Å². The van der Waals surface area contributed by atoms with E-state index in [4.69, 9.17) is 16.3 Å². The number of hydrogen-bond acceptors (Lipinski definition) is 4. The lowest BCUT2D eigenvalue weighted by atomic mass is 10.1. The lowest BCUT2D eigenvalue weighted by Gasteiger charge is -2.07. The van der Waals surface area contributed by atoms with Crippen LogP contribution in [0.5, 0.6) is 5.75 Å². The van der Waals surface area contributed by atoms with E-state index in [-0.39, 0.29) is 17.1 Å². The number of ether oxygens (including phenoxy) is 1. The fourth-order valence-corrected chi connectivity index (χ4v) is 2.35. The van der Waals surface area contributed by atoms with E-state index in [2.05, 4.69) is 20.7 Å². The molecule has 0 radical (unpaired) electrons. The molecule has 2 N–H and O–H groups in total. The summed E-state index contributed by atoms with van der Waals surface area (Å²) in [5, 5.41) is 13.3. The van der Waals surface area contributed by atoms with Gasteiger partial charge in [0.15, 0.2) is 17.3 Å². The van der Waals surface area contributed by atoms with E-state index in [1.54, 1.807) is 24.3 Å². The molecule has 24 heavy (non-hydrogen) atoms. The Balaban J connectivity index is 1.87. The Morgan fingerprint density at radius 2 is 2.08 bits per heavy atom. The molecule has 0 bridgehead atoms. The Kier molecular flexibility index (Phi) is 4.43. The summed E-state index contributed by atoms with van der Waals surface area (Å²) in [6.07, 6.45) is 0. The highest BCUT2D eigenvalue weighted by molar-refractivity contribution is 6.30. The minimum Gasteiger partial charge on any atom is -0.494 e. The molecule has 122 valence electrons. The van der Waals surface area contributed by atoms with Gasteiger partial charge in [0.25, 0.3) is 5.91 Å². The maximum Gasteiger partial charge on any atom is 0.278 e. The summed E-state index contributed by atoms with van der Waals surface area (Å²) >= 11 is 5.96. The molecule has 6 nitrogen and oxygen atoms in total. The summed E-state index contributed by atoms with van der Waals surface area (Å²) in [7, 11) is 1.36. The maximum absolute atomic E-state index is 13.7. The second kappa shape index (κ2) is 6.67. The molecule has 0 fully saturated rings. The van der Waals surface area contributed by atoms with E-state index < -0.39 is 11.7 Å². The van der Waals surface area contributed by atoms with Crippen LogP contribution in [0.25, 0.3) is 11.3 Å². The average Bonchev–Trinajstić information content (AvgIpc) is 3.05. The molecule has 0 aliphatic heterocycles. The monoisotopic (exact) mass is 346 g/mol. The van der Waals surface area contributed by atoms with Crippen LogP contribution in [0.2, 0.25) is 5.02 Å². The van der Waals surface area contributed by atoms with E-state index in [9.17, 15) is 9.18 Å². The second-order valence-electron chi connectivity index (χ2n) is 4.83. The fraction of sp³-hybridized carbons (Fsp3) is 0.0625.